The zero-order chi connectivity index (χ0) is 17.1. The van der Waals surface area contributed by atoms with E-state index in [0.717, 1.165) is 22.9 Å². The molecule has 2 heterocycles. The number of amides is 1. The highest BCUT2D eigenvalue weighted by Crippen LogP contribution is 2.47. The number of anilines is 1. The number of furan rings is 1. The fraction of sp³-hybridized carbons (Fsp3) is 0.368. The van der Waals surface area contributed by atoms with Crippen LogP contribution in [-0.4, -0.2) is 25.0 Å². The van der Waals surface area contributed by atoms with Crippen molar-refractivity contribution in [1.82, 2.24) is 10.3 Å². The molecule has 0 spiro atoms. The van der Waals surface area contributed by atoms with E-state index in [4.69, 9.17) is 4.42 Å². The van der Waals surface area contributed by atoms with Gasteiger partial charge in [-0.1, -0.05) is 13.0 Å². The maximum atomic E-state index is 11.9. The molecule has 1 aliphatic carbocycles. The first-order valence-electron chi connectivity index (χ1n) is 8.21. The van der Waals surface area contributed by atoms with Gasteiger partial charge in [-0.05, 0) is 42.2 Å². The van der Waals surface area contributed by atoms with Gasteiger partial charge in [0, 0.05) is 38.8 Å². The first-order chi connectivity index (χ1) is 11.5. The number of pyridine rings is 1. The SMILES string of the molecule is CC1CC1c1ccc(/C=C/C(=O)NCc2ccc(N(C)C)nc2)o1. The summed E-state index contributed by atoms with van der Waals surface area (Å²) in [5.74, 6) is 3.75. The molecule has 2 aromatic rings. The third-order valence-electron chi connectivity index (χ3n) is 4.26. The lowest BCUT2D eigenvalue weighted by Gasteiger charge is -2.11. The summed E-state index contributed by atoms with van der Waals surface area (Å²) in [5.41, 5.74) is 0.963. The van der Waals surface area contributed by atoms with Crippen LogP contribution in [0.15, 0.2) is 41.0 Å². The molecule has 1 saturated carbocycles. The molecule has 2 aromatic heterocycles. The number of hydrogen-bond donors (Lipinski definition) is 1. The highest BCUT2D eigenvalue weighted by molar-refractivity contribution is 5.91. The lowest BCUT2D eigenvalue weighted by atomic mass is 10.2. The summed E-state index contributed by atoms with van der Waals surface area (Å²) in [4.78, 5) is 18.2. The van der Waals surface area contributed by atoms with Crippen molar-refractivity contribution >= 4 is 17.8 Å². The van der Waals surface area contributed by atoms with Gasteiger partial charge in [-0.2, -0.15) is 0 Å². The van der Waals surface area contributed by atoms with Crippen molar-refractivity contribution in [2.45, 2.75) is 25.8 Å². The predicted molar refractivity (Wildman–Crippen MR) is 94.7 cm³/mol. The Kier molecular flexibility index (Phi) is 4.69. The summed E-state index contributed by atoms with van der Waals surface area (Å²) in [6, 6.07) is 7.81. The van der Waals surface area contributed by atoms with E-state index in [2.05, 4.69) is 17.2 Å². The summed E-state index contributed by atoms with van der Waals surface area (Å²) in [7, 11) is 3.89. The summed E-state index contributed by atoms with van der Waals surface area (Å²) in [6.45, 7) is 2.67. The molecule has 0 radical (unpaired) electrons. The van der Waals surface area contributed by atoms with Gasteiger partial charge in [0.15, 0.2) is 0 Å². The molecule has 0 aromatic carbocycles. The Morgan fingerprint density at radius 2 is 2.17 bits per heavy atom. The van der Waals surface area contributed by atoms with E-state index >= 15 is 0 Å². The highest BCUT2D eigenvalue weighted by Gasteiger charge is 2.36. The zero-order valence-electron chi connectivity index (χ0n) is 14.3. The number of aromatic nitrogens is 1. The molecule has 1 fully saturated rings. The van der Waals surface area contributed by atoms with Crippen LogP contribution in [0.1, 0.15) is 36.3 Å². The van der Waals surface area contributed by atoms with Gasteiger partial charge in [0.1, 0.15) is 17.3 Å². The number of nitrogens with zero attached hydrogens (tertiary/aromatic N) is 2. The maximum Gasteiger partial charge on any atom is 0.244 e. The van der Waals surface area contributed by atoms with E-state index in [9.17, 15) is 4.79 Å². The van der Waals surface area contributed by atoms with E-state index < -0.39 is 0 Å². The van der Waals surface area contributed by atoms with E-state index in [1.807, 2.05) is 43.3 Å². The molecule has 1 N–H and O–H groups in total. The fourth-order valence-electron chi connectivity index (χ4n) is 2.57. The van der Waals surface area contributed by atoms with Gasteiger partial charge in [-0.3, -0.25) is 4.79 Å². The minimum absolute atomic E-state index is 0.149. The van der Waals surface area contributed by atoms with Gasteiger partial charge in [-0.25, -0.2) is 4.98 Å². The Morgan fingerprint density at radius 3 is 2.79 bits per heavy atom. The van der Waals surface area contributed by atoms with Crippen molar-refractivity contribution in [3.05, 3.63) is 53.6 Å². The van der Waals surface area contributed by atoms with Gasteiger partial charge in [-0.15, -0.1) is 0 Å². The number of nitrogens with one attached hydrogen (secondary N) is 1. The highest BCUT2D eigenvalue weighted by atomic mass is 16.3. The van der Waals surface area contributed by atoms with Crippen LogP contribution in [0.2, 0.25) is 0 Å². The molecule has 2 atom stereocenters. The number of hydrogen-bond acceptors (Lipinski definition) is 4. The molecular weight excluding hydrogens is 302 g/mol. The van der Waals surface area contributed by atoms with Gasteiger partial charge in [0.05, 0.1) is 0 Å². The third kappa shape index (κ3) is 4.04. The van der Waals surface area contributed by atoms with Crippen LogP contribution in [0.5, 0.6) is 0 Å². The van der Waals surface area contributed by atoms with Crippen molar-refractivity contribution in [2.24, 2.45) is 5.92 Å². The second kappa shape index (κ2) is 6.91. The van der Waals surface area contributed by atoms with Crippen molar-refractivity contribution in [3.8, 4) is 0 Å². The molecule has 24 heavy (non-hydrogen) atoms. The molecule has 2 unspecified atom stereocenters. The Labute approximate surface area is 142 Å². The maximum absolute atomic E-state index is 11.9. The molecule has 0 bridgehead atoms. The third-order valence-corrected chi connectivity index (χ3v) is 4.26. The van der Waals surface area contributed by atoms with Gasteiger partial charge >= 0.3 is 0 Å². The van der Waals surface area contributed by atoms with Crippen LogP contribution < -0.4 is 10.2 Å². The lowest BCUT2D eigenvalue weighted by Crippen LogP contribution is -2.20. The average molecular weight is 325 g/mol. The van der Waals surface area contributed by atoms with Crippen molar-refractivity contribution < 1.29 is 9.21 Å². The molecule has 1 amide bonds. The predicted octanol–water partition coefficient (Wildman–Crippen LogP) is 3.19. The normalized spacial score (nSPS) is 19.5. The minimum Gasteiger partial charge on any atom is -0.461 e. The average Bonchev–Trinajstić information content (AvgIpc) is 3.11. The monoisotopic (exact) mass is 325 g/mol. The smallest absolute Gasteiger partial charge is 0.244 e. The van der Waals surface area contributed by atoms with Crippen LogP contribution in [0, 0.1) is 5.92 Å². The molecular formula is C19H23N3O2. The second-order valence-electron chi connectivity index (χ2n) is 6.53. The van der Waals surface area contributed by atoms with Crippen LogP contribution in [-0.2, 0) is 11.3 Å². The van der Waals surface area contributed by atoms with Crippen molar-refractivity contribution in [3.63, 3.8) is 0 Å². The Bertz CT molecular complexity index is 731. The standard InChI is InChI=1S/C19H23N3O2/c1-13-10-16(13)17-7-5-15(24-17)6-9-19(23)21-12-14-4-8-18(20-11-14)22(2)3/h4-9,11,13,16H,10,12H2,1-3H3,(H,21,23)/b9-6+. The van der Waals surface area contributed by atoms with E-state index in [1.54, 1.807) is 12.3 Å². The Balaban J connectivity index is 1.49. The molecule has 0 saturated heterocycles. The van der Waals surface area contributed by atoms with Crippen molar-refractivity contribution in [2.75, 3.05) is 19.0 Å². The molecule has 0 aliphatic heterocycles. The van der Waals surface area contributed by atoms with Crippen LogP contribution in [0.3, 0.4) is 0 Å². The summed E-state index contributed by atoms with van der Waals surface area (Å²) in [6.07, 6.45) is 6.17. The van der Waals surface area contributed by atoms with E-state index in [0.29, 0.717) is 18.4 Å². The van der Waals surface area contributed by atoms with Crippen LogP contribution in [0.4, 0.5) is 5.82 Å². The van der Waals surface area contributed by atoms with Crippen LogP contribution in [0.25, 0.3) is 6.08 Å². The van der Waals surface area contributed by atoms with Gasteiger partial charge in [0.25, 0.3) is 0 Å². The number of carbonyl (C=O) groups is 1. The van der Waals surface area contributed by atoms with E-state index in [-0.39, 0.29) is 5.91 Å². The van der Waals surface area contributed by atoms with Crippen molar-refractivity contribution in [1.29, 1.82) is 0 Å². The topological polar surface area (TPSA) is 58.4 Å². The Morgan fingerprint density at radius 1 is 1.38 bits per heavy atom. The van der Waals surface area contributed by atoms with Gasteiger partial charge in [0.2, 0.25) is 5.91 Å². The van der Waals surface area contributed by atoms with Gasteiger partial charge < -0.3 is 14.6 Å². The first kappa shape index (κ1) is 16.3. The molecule has 5 nitrogen and oxygen atoms in total. The van der Waals surface area contributed by atoms with Crippen LogP contribution >= 0.6 is 0 Å². The Hall–Kier alpha value is -2.56. The second-order valence-corrected chi connectivity index (χ2v) is 6.53. The number of rotatable bonds is 6. The largest absolute Gasteiger partial charge is 0.461 e. The molecule has 126 valence electrons. The summed E-state index contributed by atoms with van der Waals surface area (Å²) < 4.78 is 5.75. The zero-order valence-corrected chi connectivity index (χ0v) is 14.3. The summed E-state index contributed by atoms with van der Waals surface area (Å²) in [5, 5.41) is 2.85. The number of carbonyl (C=O) groups excluding carboxylic acids is 1. The fourth-order valence-corrected chi connectivity index (χ4v) is 2.57. The first-order valence-corrected chi connectivity index (χ1v) is 8.21. The van der Waals surface area contributed by atoms with E-state index in [1.165, 1.54) is 12.5 Å². The quantitative estimate of drug-likeness (QED) is 0.829. The lowest BCUT2D eigenvalue weighted by molar-refractivity contribution is -0.116. The minimum atomic E-state index is -0.149. The molecule has 1 aliphatic rings. The molecule has 5 heteroatoms. The summed E-state index contributed by atoms with van der Waals surface area (Å²) >= 11 is 0. The molecule has 3 rings (SSSR count).